The molecule has 2 amide bonds. The highest BCUT2D eigenvalue weighted by molar-refractivity contribution is 7.91. The van der Waals surface area contributed by atoms with Crippen molar-refractivity contribution in [3.8, 4) is 0 Å². The number of carbonyl (C=O) groups is 2. The first-order valence-corrected chi connectivity index (χ1v) is 16.7. The predicted molar refractivity (Wildman–Crippen MR) is 163 cm³/mol. The normalized spacial score (nSPS) is 18.2. The minimum Gasteiger partial charge on any atom is -0.390 e. The van der Waals surface area contributed by atoms with E-state index in [-0.39, 0.29) is 36.8 Å². The Morgan fingerprint density at radius 2 is 1.76 bits per heavy atom. The van der Waals surface area contributed by atoms with Crippen LogP contribution in [0, 0.1) is 17.8 Å². The Hall–Kier alpha value is -2.27. The van der Waals surface area contributed by atoms with Crippen LogP contribution >= 0.6 is 0 Å². The lowest BCUT2D eigenvalue weighted by molar-refractivity contribution is -0.128. The Morgan fingerprint density at radius 3 is 2.37 bits per heavy atom. The molecule has 0 spiro atoms. The second kappa shape index (κ2) is 17.6. The number of hydrogen-bond acceptors (Lipinski definition) is 7. The number of rotatable bonds is 18. The van der Waals surface area contributed by atoms with Crippen molar-refractivity contribution in [2.45, 2.75) is 76.5 Å². The maximum absolute atomic E-state index is 13.2. The molecule has 0 unspecified atom stereocenters. The number of carbonyl (C=O) groups excluding carboxylic acids is 2. The standard InChI is InChI=1S/C31H51N3O6S/c1-5-12-28(35)29(36)27(20-25-15-10-7-11-16-25)33-30(37)23(2)21-32-31(38)26(19-24-13-8-6-9-14-24)22-41(39,40)18-17-34(3)4/h5-6,8-9,13-14,23,25-29,35-36H,1,7,10-12,15-22H2,2-4H3,(H,32,38)(H,33,37)/t23-,26-,27+,28+,29-/m1/s1. The van der Waals surface area contributed by atoms with Gasteiger partial charge in [-0.1, -0.05) is 75.4 Å². The summed E-state index contributed by atoms with van der Waals surface area (Å²) in [6, 6.07) is 8.67. The maximum Gasteiger partial charge on any atom is 0.224 e. The van der Waals surface area contributed by atoms with Crippen molar-refractivity contribution in [1.82, 2.24) is 15.5 Å². The third-order valence-corrected chi connectivity index (χ3v) is 9.60. The molecule has 10 heteroatoms. The molecular formula is C31H51N3O6S. The molecule has 1 saturated carbocycles. The Morgan fingerprint density at radius 1 is 1.10 bits per heavy atom. The minimum atomic E-state index is -3.49. The monoisotopic (exact) mass is 593 g/mol. The first-order valence-electron chi connectivity index (χ1n) is 14.9. The van der Waals surface area contributed by atoms with Crippen molar-refractivity contribution >= 4 is 21.7 Å². The van der Waals surface area contributed by atoms with Gasteiger partial charge in [-0.25, -0.2) is 8.42 Å². The third-order valence-electron chi connectivity index (χ3n) is 7.88. The van der Waals surface area contributed by atoms with E-state index in [2.05, 4.69) is 17.2 Å². The third kappa shape index (κ3) is 13.1. The first-order chi connectivity index (χ1) is 19.4. The van der Waals surface area contributed by atoms with E-state index < -0.39 is 45.8 Å². The van der Waals surface area contributed by atoms with Gasteiger partial charge < -0.3 is 25.7 Å². The molecule has 1 aliphatic rings. The van der Waals surface area contributed by atoms with Gasteiger partial charge in [-0.2, -0.15) is 0 Å². The number of aliphatic hydroxyl groups is 2. The summed E-state index contributed by atoms with van der Waals surface area (Å²) in [5.41, 5.74) is 0.860. The van der Waals surface area contributed by atoms with Crippen LogP contribution in [-0.2, 0) is 25.8 Å². The number of sulfone groups is 1. The van der Waals surface area contributed by atoms with E-state index in [9.17, 15) is 28.2 Å². The largest absolute Gasteiger partial charge is 0.390 e. The van der Waals surface area contributed by atoms with Gasteiger partial charge >= 0.3 is 0 Å². The van der Waals surface area contributed by atoms with Crippen LogP contribution in [0.5, 0.6) is 0 Å². The number of amides is 2. The van der Waals surface area contributed by atoms with Crippen LogP contribution < -0.4 is 10.6 Å². The molecule has 0 saturated heterocycles. The SMILES string of the molecule is C=CC[C@H](O)[C@H](O)[C@H](CC1CCCCC1)NC(=O)[C@H](C)CNC(=O)[C@H](Cc1ccccc1)CS(=O)(=O)CCN(C)C. The highest BCUT2D eigenvalue weighted by Gasteiger charge is 2.32. The molecule has 1 fully saturated rings. The molecule has 0 aliphatic heterocycles. The molecule has 1 aromatic rings. The summed E-state index contributed by atoms with van der Waals surface area (Å²) in [5.74, 6) is -2.13. The van der Waals surface area contributed by atoms with E-state index in [1.807, 2.05) is 30.3 Å². The molecule has 0 bridgehead atoms. The average molecular weight is 594 g/mol. The van der Waals surface area contributed by atoms with Crippen LogP contribution in [0.15, 0.2) is 43.0 Å². The second-order valence-corrected chi connectivity index (χ2v) is 14.1. The van der Waals surface area contributed by atoms with Crippen LogP contribution in [0.4, 0.5) is 0 Å². The zero-order chi connectivity index (χ0) is 30.4. The molecule has 1 aliphatic carbocycles. The number of hydrogen-bond donors (Lipinski definition) is 4. The van der Waals surface area contributed by atoms with Crippen molar-refractivity contribution in [3.63, 3.8) is 0 Å². The van der Waals surface area contributed by atoms with Crippen LogP contribution in [0.2, 0.25) is 0 Å². The van der Waals surface area contributed by atoms with Gasteiger partial charge in [0.1, 0.15) is 6.10 Å². The summed E-state index contributed by atoms with van der Waals surface area (Å²) in [5, 5.41) is 27.0. The summed E-state index contributed by atoms with van der Waals surface area (Å²) >= 11 is 0. The van der Waals surface area contributed by atoms with E-state index in [0.29, 0.717) is 18.9 Å². The van der Waals surface area contributed by atoms with Gasteiger partial charge in [0, 0.05) is 13.1 Å². The van der Waals surface area contributed by atoms with Crippen molar-refractivity contribution in [3.05, 3.63) is 48.6 Å². The fraction of sp³-hybridized carbons (Fsp3) is 0.677. The van der Waals surface area contributed by atoms with Crippen molar-refractivity contribution in [2.75, 3.05) is 38.7 Å². The molecule has 0 aromatic heterocycles. The zero-order valence-electron chi connectivity index (χ0n) is 25.0. The lowest BCUT2D eigenvalue weighted by Crippen LogP contribution is -2.52. The van der Waals surface area contributed by atoms with Gasteiger partial charge in [0.05, 0.1) is 35.5 Å². The Bertz CT molecular complexity index is 1040. The smallest absolute Gasteiger partial charge is 0.224 e. The van der Waals surface area contributed by atoms with Gasteiger partial charge in [0.2, 0.25) is 11.8 Å². The van der Waals surface area contributed by atoms with Gasteiger partial charge in [0.15, 0.2) is 9.84 Å². The summed E-state index contributed by atoms with van der Waals surface area (Å²) in [6.07, 6.45) is 5.91. The van der Waals surface area contributed by atoms with Crippen LogP contribution in [0.3, 0.4) is 0 Å². The topological polar surface area (TPSA) is 136 Å². The lowest BCUT2D eigenvalue weighted by atomic mass is 9.82. The predicted octanol–water partition coefficient (Wildman–Crippen LogP) is 2.33. The molecule has 9 nitrogen and oxygen atoms in total. The summed E-state index contributed by atoms with van der Waals surface area (Å²) in [7, 11) is 0.112. The van der Waals surface area contributed by atoms with Crippen LogP contribution in [0.25, 0.3) is 0 Å². The lowest BCUT2D eigenvalue weighted by Gasteiger charge is -2.32. The molecule has 0 heterocycles. The second-order valence-electron chi connectivity index (χ2n) is 11.9. The molecule has 232 valence electrons. The molecule has 2 rings (SSSR count). The summed E-state index contributed by atoms with van der Waals surface area (Å²) < 4.78 is 25.6. The quantitative estimate of drug-likeness (QED) is 0.192. The minimum absolute atomic E-state index is 0.0230. The van der Waals surface area contributed by atoms with E-state index in [1.165, 1.54) is 12.5 Å². The van der Waals surface area contributed by atoms with E-state index in [0.717, 1.165) is 31.2 Å². The molecule has 41 heavy (non-hydrogen) atoms. The van der Waals surface area contributed by atoms with Crippen molar-refractivity contribution in [2.24, 2.45) is 17.8 Å². The van der Waals surface area contributed by atoms with Gasteiger partial charge in [-0.3, -0.25) is 9.59 Å². The number of nitrogens with zero attached hydrogens (tertiary/aromatic N) is 1. The highest BCUT2D eigenvalue weighted by Crippen LogP contribution is 2.28. The van der Waals surface area contributed by atoms with E-state index >= 15 is 0 Å². The van der Waals surface area contributed by atoms with Crippen LogP contribution in [-0.4, -0.2) is 92.3 Å². The fourth-order valence-electron chi connectivity index (χ4n) is 5.30. The average Bonchev–Trinajstić information content (AvgIpc) is 2.94. The van der Waals surface area contributed by atoms with E-state index in [4.69, 9.17) is 0 Å². The van der Waals surface area contributed by atoms with Gasteiger partial charge in [-0.15, -0.1) is 6.58 Å². The molecular weight excluding hydrogens is 542 g/mol. The Labute approximate surface area is 246 Å². The van der Waals surface area contributed by atoms with Crippen LogP contribution in [0.1, 0.15) is 57.4 Å². The zero-order valence-corrected chi connectivity index (χ0v) is 25.8. The van der Waals surface area contributed by atoms with Crippen molar-refractivity contribution in [1.29, 1.82) is 0 Å². The number of aliphatic hydroxyl groups excluding tert-OH is 2. The molecule has 1 aromatic carbocycles. The molecule has 5 atom stereocenters. The summed E-state index contributed by atoms with van der Waals surface area (Å²) in [6.45, 7) is 5.70. The van der Waals surface area contributed by atoms with Gasteiger partial charge in [0.25, 0.3) is 0 Å². The summed E-state index contributed by atoms with van der Waals surface area (Å²) in [4.78, 5) is 28.2. The Kier molecular flexibility index (Phi) is 15.0. The fourth-order valence-corrected chi connectivity index (χ4v) is 6.99. The highest BCUT2D eigenvalue weighted by atomic mass is 32.2. The van der Waals surface area contributed by atoms with Gasteiger partial charge in [-0.05, 0) is 44.8 Å². The Balaban J connectivity index is 2.05. The maximum atomic E-state index is 13.2. The number of benzene rings is 1. The first kappa shape index (κ1) is 34.9. The number of nitrogens with one attached hydrogen (secondary N) is 2. The molecule has 0 radical (unpaired) electrons. The van der Waals surface area contributed by atoms with E-state index in [1.54, 1.807) is 25.9 Å². The van der Waals surface area contributed by atoms with Crippen molar-refractivity contribution < 1.29 is 28.2 Å². The molecule has 4 N–H and O–H groups in total.